The van der Waals surface area contributed by atoms with Crippen LogP contribution >= 0.6 is 34.8 Å². The van der Waals surface area contributed by atoms with E-state index >= 15 is 0 Å². The number of hydrogen-bond acceptors (Lipinski definition) is 4. The van der Waals surface area contributed by atoms with E-state index in [1.807, 2.05) is 6.07 Å². The van der Waals surface area contributed by atoms with E-state index in [4.69, 9.17) is 34.8 Å². The molecule has 1 heterocycles. The average Bonchev–Trinajstić information content (AvgIpc) is 3.35. The molecule has 2 aromatic rings. The van der Waals surface area contributed by atoms with Crippen LogP contribution in [0.1, 0.15) is 25.3 Å². The van der Waals surface area contributed by atoms with Gasteiger partial charge in [-0.25, -0.2) is 9.58 Å². The number of aromatic nitrogens is 2. The first-order valence-electron chi connectivity index (χ1n) is 7.33. The molecule has 1 fully saturated rings. The summed E-state index contributed by atoms with van der Waals surface area (Å²) in [5.41, 5.74) is 0.383. The number of rotatable bonds is 3. The molecule has 0 radical (unpaired) electrons. The van der Waals surface area contributed by atoms with Gasteiger partial charge >= 0.3 is 0 Å². The van der Waals surface area contributed by atoms with Crippen LogP contribution in [0.5, 0.6) is 0 Å². The van der Waals surface area contributed by atoms with Gasteiger partial charge in [-0.1, -0.05) is 34.8 Å². The number of halogens is 3. The minimum Gasteiger partial charge on any atom is -0.274 e. The van der Waals surface area contributed by atoms with Crippen molar-refractivity contribution in [3.8, 4) is 11.8 Å². The Morgan fingerprint density at radius 3 is 2.52 bits per heavy atom. The van der Waals surface area contributed by atoms with Crippen LogP contribution in [-0.4, -0.2) is 21.6 Å². The van der Waals surface area contributed by atoms with E-state index in [1.165, 1.54) is 23.9 Å². The summed E-state index contributed by atoms with van der Waals surface area (Å²) >= 11 is 18.3. The largest absolute Gasteiger partial charge is 0.274 e. The zero-order chi connectivity index (χ0) is 18.3. The van der Waals surface area contributed by atoms with Crippen LogP contribution < -0.4 is 4.90 Å². The molecule has 9 heteroatoms. The molecular formula is C16H11Cl3N4O2. The molecule has 0 N–H and O–H groups in total. The number of hydrogen-bond donors (Lipinski definition) is 0. The van der Waals surface area contributed by atoms with Crippen LogP contribution in [0, 0.1) is 17.2 Å². The third-order valence-electron chi connectivity index (χ3n) is 3.78. The molecule has 0 saturated heterocycles. The minimum atomic E-state index is -0.508. The maximum Gasteiger partial charge on any atom is 0.238 e. The number of anilines is 1. The molecule has 1 aromatic carbocycles. The Hall–Kier alpha value is -2.07. The number of nitrogens with zero attached hydrogens (tertiary/aromatic N) is 4. The smallest absolute Gasteiger partial charge is 0.238 e. The van der Waals surface area contributed by atoms with E-state index in [9.17, 15) is 14.9 Å². The van der Waals surface area contributed by atoms with E-state index in [0.717, 1.165) is 4.90 Å². The van der Waals surface area contributed by atoms with Crippen molar-refractivity contribution in [3.05, 3.63) is 39.0 Å². The molecule has 6 nitrogen and oxygen atoms in total. The molecule has 0 unspecified atom stereocenters. The van der Waals surface area contributed by atoms with Crippen LogP contribution in [0.15, 0.2) is 18.3 Å². The summed E-state index contributed by atoms with van der Waals surface area (Å²) in [6.07, 6.45) is 2.70. The molecule has 1 aliphatic rings. The first-order valence-corrected chi connectivity index (χ1v) is 8.46. The summed E-state index contributed by atoms with van der Waals surface area (Å²) in [7, 11) is 0. The van der Waals surface area contributed by atoms with Gasteiger partial charge in [0.2, 0.25) is 11.8 Å². The highest BCUT2D eigenvalue weighted by molar-refractivity contribution is 6.48. The fraction of sp³-hybridized carbons (Fsp3) is 0.250. The van der Waals surface area contributed by atoms with Crippen molar-refractivity contribution < 1.29 is 9.59 Å². The summed E-state index contributed by atoms with van der Waals surface area (Å²) in [6.45, 7) is 1.26. The Balaban J connectivity index is 2.22. The van der Waals surface area contributed by atoms with Gasteiger partial charge in [0.1, 0.15) is 11.6 Å². The topological polar surface area (TPSA) is 79.0 Å². The first-order chi connectivity index (χ1) is 11.9. The van der Waals surface area contributed by atoms with Gasteiger partial charge < -0.3 is 0 Å². The lowest BCUT2D eigenvalue weighted by atomic mass is 10.2. The molecule has 1 aromatic heterocycles. The zero-order valence-corrected chi connectivity index (χ0v) is 15.2. The Morgan fingerprint density at radius 2 is 1.96 bits per heavy atom. The lowest BCUT2D eigenvalue weighted by Crippen LogP contribution is -2.38. The van der Waals surface area contributed by atoms with Gasteiger partial charge in [-0.05, 0) is 25.0 Å². The second kappa shape index (κ2) is 6.68. The fourth-order valence-corrected chi connectivity index (χ4v) is 3.02. The molecule has 2 amide bonds. The van der Waals surface area contributed by atoms with E-state index in [0.29, 0.717) is 18.5 Å². The number of benzene rings is 1. The van der Waals surface area contributed by atoms with E-state index in [1.54, 1.807) is 6.07 Å². The Morgan fingerprint density at radius 1 is 1.28 bits per heavy atom. The SMILES string of the molecule is CC(=O)N(C(=O)C1CC1)c1c(C#N)cnn1-c1ccc(Cl)c(Cl)c1Cl. The standard InChI is InChI=1S/C16H11Cl3N4O2/c1-8(24)22(16(25)9-2-3-9)15-10(6-20)7-21-23(15)12-5-4-11(17)13(18)14(12)19/h4-5,7,9H,2-3H2,1H3. The highest BCUT2D eigenvalue weighted by Crippen LogP contribution is 2.38. The van der Waals surface area contributed by atoms with E-state index < -0.39 is 5.91 Å². The number of carbonyl (C=O) groups excluding carboxylic acids is 2. The lowest BCUT2D eigenvalue weighted by Gasteiger charge is -2.21. The number of nitriles is 1. The fourth-order valence-electron chi connectivity index (χ4n) is 2.41. The van der Waals surface area contributed by atoms with Gasteiger partial charge in [0.05, 0.1) is 27.0 Å². The molecule has 1 aliphatic carbocycles. The van der Waals surface area contributed by atoms with Crippen molar-refractivity contribution in [2.24, 2.45) is 5.92 Å². The second-order valence-electron chi connectivity index (χ2n) is 5.57. The zero-order valence-electron chi connectivity index (χ0n) is 13.0. The maximum atomic E-state index is 12.6. The molecule has 1 saturated carbocycles. The van der Waals surface area contributed by atoms with E-state index in [2.05, 4.69) is 5.10 Å². The third kappa shape index (κ3) is 3.11. The predicted molar refractivity (Wildman–Crippen MR) is 94.2 cm³/mol. The van der Waals surface area contributed by atoms with Crippen molar-refractivity contribution in [2.45, 2.75) is 19.8 Å². The number of amides is 2. The summed E-state index contributed by atoms with van der Waals surface area (Å²) < 4.78 is 1.25. The van der Waals surface area contributed by atoms with Crippen LogP contribution in [0.4, 0.5) is 5.82 Å². The summed E-state index contributed by atoms with van der Waals surface area (Å²) in [5, 5.41) is 14.0. The molecule has 0 spiro atoms. The van der Waals surface area contributed by atoms with Gasteiger partial charge in [-0.15, -0.1) is 0 Å². The molecule has 0 bridgehead atoms. The molecule has 25 heavy (non-hydrogen) atoms. The number of carbonyl (C=O) groups is 2. The van der Waals surface area contributed by atoms with Gasteiger partial charge in [-0.2, -0.15) is 10.4 Å². The van der Waals surface area contributed by atoms with Gasteiger partial charge in [-0.3, -0.25) is 9.59 Å². The summed E-state index contributed by atoms with van der Waals surface area (Å²) in [6, 6.07) is 5.02. The molecule has 0 aliphatic heterocycles. The Kier molecular flexibility index (Phi) is 4.74. The second-order valence-corrected chi connectivity index (χ2v) is 6.73. The van der Waals surface area contributed by atoms with Gasteiger partial charge in [0, 0.05) is 12.8 Å². The highest BCUT2D eigenvalue weighted by atomic mass is 35.5. The van der Waals surface area contributed by atoms with Crippen molar-refractivity contribution in [2.75, 3.05) is 4.90 Å². The van der Waals surface area contributed by atoms with Crippen molar-refractivity contribution in [3.63, 3.8) is 0 Å². The molecule has 3 rings (SSSR count). The van der Waals surface area contributed by atoms with Crippen molar-refractivity contribution in [1.82, 2.24) is 9.78 Å². The predicted octanol–water partition coefficient (Wildman–Crippen LogP) is 3.99. The first kappa shape index (κ1) is 17.7. The van der Waals surface area contributed by atoms with Gasteiger partial charge in [0.25, 0.3) is 0 Å². The average molecular weight is 398 g/mol. The van der Waals surface area contributed by atoms with Crippen molar-refractivity contribution in [1.29, 1.82) is 5.26 Å². The summed E-state index contributed by atoms with van der Waals surface area (Å²) in [5.74, 6) is -1.04. The minimum absolute atomic E-state index is 0.0483. The van der Waals surface area contributed by atoms with Crippen molar-refractivity contribution >= 4 is 52.4 Å². The summed E-state index contributed by atoms with van der Waals surface area (Å²) in [4.78, 5) is 25.7. The Labute approximate surface area is 158 Å². The van der Waals surface area contributed by atoms with Crippen LogP contribution in [0.25, 0.3) is 5.69 Å². The molecular weight excluding hydrogens is 387 g/mol. The van der Waals surface area contributed by atoms with Crippen LogP contribution in [-0.2, 0) is 9.59 Å². The van der Waals surface area contributed by atoms with E-state index in [-0.39, 0.29) is 38.3 Å². The van der Waals surface area contributed by atoms with Gasteiger partial charge in [0.15, 0.2) is 5.82 Å². The van der Waals surface area contributed by atoms with Crippen LogP contribution in [0.2, 0.25) is 15.1 Å². The van der Waals surface area contributed by atoms with Crippen LogP contribution in [0.3, 0.4) is 0 Å². The Bertz CT molecular complexity index is 928. The highest BCUT2D eigenvalue weighted by Gasteiger charge is 2.38. The number of imide groups is 1. The maximum absolute atomic E-state index is 12.6. The quantitative estimate of drug-likeness (QED) is 0.733. The normalized spacial score (nSPS) is 13.4. The lowest BCUT2D eigenvalue weighted by molar-refractivity contribution is -0.126. The molecule has 0 atom stereocenters. The molecule has 128 valence electrons. The monoisotopic (exact) mass is 396 g/mol. The third-order valence-corrected chi connectivity index (χ3v) is 5.06.